The molecule has 17 heavy (non-hydrogen) atoms. The van der Waals surface area contributed by atoms with Crippen LogP contribution >= 0.6 is 11.6 Å². The van der Waals surface area contributed by atoms with Gasteiger partial charge in [0.15, 0.2) is 0 Å². The summed E-state index contributed by atoms with van der Waals surface area (Å²) in [7, 11) is 0. The van der Waals surface area contributed by atoms with Crippen LogP contribution in [0, 0.1) is 5.82 Å². The van der Waals surface area contributed by atoms with Gasteiger partial charge in [0.05, 0.1) is 0 Å². The minimum atomic E-state index is -0.294. The van der Waals surface area contributed by atoms with Crippen LogP contribution in [0.15, 0.2) is 18.2 Å². The highest BCUT2D eigenvalue weighted by molar-refractivity contribution is 6.31. The molecule has 1 aromatic rings. The average Bonchev–Trinajstić information content (AvgIpc) is 2.30. The van der Waals surface area contributed by atoms with Gasteiger partial charge >= 0.3 is 0 Å². The number of benzene rings is 1. The third-order valence-electron chi connectivity index (χ3n) is 3.14. The Kier molecular flexibility index (Phi) is 4.37. The largest absolute Gasteiger partial charge is 0.381 e. The van der Waals surface area contributed by atoms with E-state index in [2.05, 4.69) is 12.2 Å². The highest BCUT2D eigenvalue weighted by Crippen LogP contribution is 2.24. The summed E-state index contributed by atoms with van der Waals surface area (Å²) in [5, 5.41) is 3.99. The van der Waals surface area contributed by atoms with Crippen molar-refractivity contribution < 1.29 is 9.13 Å². The standard InChI is InChI=1S/C13H17ClFNO/c1-9(16-11-4-6-17-7-5-11)12-3-2-10(15)8-13(12)14/h2-3,8-9,11,16H,4-7H2,1H3. The summed E-state index contributed by atoms with van der Waals surface area (Å²) < 4.78 is 18.3. The highest BCUT2D eigenvalue weighted by atomic mass is 35.5. The van der Waals surface area contributed by atoms with Gasteiger partial charge in [-0.2, -0.15) is 0 Å². The van der Waals surface area contributed by atoms with Crippen molar-refractivity contribution in [3.8, 4) is 0 Å². The summed E-state index contributed by atoms with van der Waals surface area (Å²) in [6.45, 7) is 3.66. The summed E-state index contributed by atoms with van der Waals surface area (Å²) >= 11 is 6.04. The first-order chi connectivity index (χ1) is 8.16. The lowest BCUT2D eigenvalue weighted by atomic mass is 10.0. The Bertz CT molecular complexity index is 380. The Hall–Kier alpha value is -0.640. The van der Waals surface area contributed by atoms with Crippen molar-refractivity contribution in [2.45, 2.75) is 31.8 Å². The zero-order valence-corrected chi connectivity index (χ0v) is 10.6. The molecule has 0 radical (unpaired) electrons. The summed E-state index contributed by atoms with van der Waals surface area (Å²) in [5.74, 6) is -0.294. The van der Waals surface area contributed by atoms with Crippen LogP contribution in [0.4, 0.5) is 4.39 Å². The molecule has 1 unspecified atom stereocenters. The van der Waals surface area contributed by atoms with Crippen LogP contribution in [0.1, 0.15) is 31.4 Å². The lowest BCUT2D eigenvalue weighted by molar-refractivity contribution is 0.0754. The van der Waals surface area contributed by atoms with E-state index in [9.17, 15) is 4.39 Å². The molecule has 1 aromatic carbocycles. The Morgan fingerprint density at radius 3 is 2.76 bits per heavy atom. The number of hydrogen-bond donors (Lipinski definition) is 1. The van der Waals surface area contributed by atoms with E-state index in [4.69, 9.17) is 16.3 Å². The monoisotopic (exact) mass is 257 g/mol. The number of nitrogens with one attached hydrogen (secondary N) is 1. The zero-order chi connectivity index (χ0) is 12.3. The summed E-state index contributed by atoms with van der Waals surface area (Å²) in [6.07, 6.45) is 2.03. The van der Waals surface area contributed by atoms with Crippen molar-refractivity contribution in [1.29, 1.82) is 0 Å². The van der Waals surface area contributed by atoms with E-state index in [0.717, 1.165) is 31.6 Å². The molecule has 0 aliphatic carbocycles. The minimum absolute atomic E-state index is 0.131. The van der Waals surface area contributed by atoms with Crippen LogP contribution in [0.5, 0.6) is 0 Å². The lowest BCUT2D eigenvalue weighted by Crippen LogP contribution is -2.36. The van der Waals surface area contributed by atoms with Crippen LogP contribution < -0.4 is 5.32 Å². The van der Waals surface area contributed by atoms with Crippen molar-refractivity contribution >= 4 is 11.6 Å². The lowest BCUT2D eigenvalue weighted by Gasteiger charge is -2.27. The number of ether oxygens (including phenoxy) is 1. The fraction of sp³-hybridized carbons (Fsp3) is 0.538. The Morgan fingerprint density at radius 1 is 1.41 bits per heavy atom. The Morgan fingerprint density at radius 2 is 2.12 bits per heavy atom. The fourth-order valence-corrected chi connectivity index (χ4v) is 2.49. The SMILES string of the molecule is CC(NC1CCOCC1)c1ccc(F)cc1Cl. The van der Waals surface area contributed by atoms with Crippen LogP contribution in [0.3, 0.4) is 0 Å². The number of halogens is 2. The van der Waals surface area contributed by atoms with Crippen LogP contribution in [-0.4, -0.2) is 19.3 Å². The van der Waals surface area contributed by atoms with Gasteiger partial charge in [0.2, 0.25) is 0 Å². The number of rotatable bonds is 3. The second-order valence-corrected chi connectivity index (χ2v) is 4.85. The van der Waals surface area contributed by atoms with Crippen molar-refractivity contribution in [2.24, 2.45) is 0 Å². The van der Waals surface area contributed by atoms with Gasteiger partial charge in [0, 0.05) is 30.3 Å². The van der Waals surface area contributed by atoms with E-state index in [1.54, 1.807) is 6.07 Å². The first-order valence-electron chi connectivity index (χ1n) is 5.95. The molecule has 0 saturated carbocycles. The van der Waals surface area contributed by atoms with Crippen LogP contribution in [0.25, 0.3) is 0 Å². The Balaban J connectivity index is 2.00. The predicted molar refractivity (Wildman–Crippen MR) is 66.8 cm³/mol. The smallest absolute Gasteiger partial charge is 0.124 e. The van der Waals surface area contributed by atoms with Gasteiger partial charge in [-0.25, -0.2) is 4.39 Å². The van der Waals surface area contributed by atoms with Gasteiger partial charge in [-0.3, -0.25) is 0 Å². The predicted octanol–water partition coefficient (Wildman–Crippen LogP) is 3.31. The van der Waals surface area contributed by atoms with E-state index in [0.29, 0.717) is 11.1 Å². The van der Waals surface area contributed by atoms with Gasteiger partial charge < -0.3 is 10.1 Å². The maximum Gasteiger partial charge on any atom is 0.124 e. The molecule has 1 N–H and O–H groups in total. The first kappa shape index (κ1) is 12.8. The maximum absolute atomic E-state index is 12.9. The molecule has 1 aliphatic rings. The minimum Gasteiger partial charge on any atom is -0.381 e. The third-order valence-corrected chi connectivity index (χ3v) is 3.46. The highest BCUT2D eigenvalue weighted by Gasteiger charge is 2.18. The molecule has 2 nitrogen and oxygen atoms in total. The van der Waals surface area contributed by atoms with Crippen molar-refractivity contribution in [3.05, 3.63) is 34.6 Å². The second-order valence-electron chi connectivity index (χ2n) is 4.44. The van der Waals surface area contributed by atoms with E-state index >= 15 is 0 Å². The molecule has 1 aliphatic heterocycles. The molecule has 1 saturated heterocycles. The van der Waals surface area contributed by atoms with E-state index in [1.165, 1.54) is 12.1 Å². The molecule has 94 valence electrons. The molecule has 1 heterocycles. The quantitative estimate of drug-likeness (QED) is 0.897. The van der Waals surface area contributed by atoms with Crippen molar-refractivity contribution in [2.75, 3.05) is 13.2 Å². The van der Waals surface area contributed by atoms with Gasteiger partial charge in [-0.15, -0.1) is 0 Å². The van der Waals surface area contributed by atoms with Gasteiger partial charge in [0.25, 0.3) is 0 Å². The molecule has 0 bridgehead atoms. The number of hydrogen-bond acceptors (Lipinski definition) is 2. The third kappa shape index (κ3) is 3.41. The van der Waals surface area contributed by atoms with Gasteiger partial charge in [-0.05, 0) is 37.5 Å². The molecule has 0 spiro atoms. The van der Waals surface area contributed by atoms with E-state index in [-0.39, 0.29) is 11.9 Å². The first-order valence-corrected chi connectivity index (χ1v) is 6.33. The molecular formula is C13H17ClFNO. The molecule has 4 heteroatoms. The van der Waals surface area contributed by atoms with Gasteiger partial charge in [0.1, 0.15) is 5.82 Å². The molecule has 0 aromatic heterocycles. The molecular weight excluding hydrogens is 241 g/mol. The van der Waals surface area contributed by atoms with Crippen molar-refractivity contribution in [3.63, 3.8) is 0 Å². The topological polar surface area (TPSA) is 21.3 Å². The van der Waals surface area contributed by atoms with Crippen LogP contribution in [0.2, 0.25) is 5.02 Å². The zero-order valence-electron chi connectivity index (χ0n) is 9.88. The molecule has 1 fully saturated rings. The fourth-order valence-electron chi connectivity index (χ4n) is 2.16. The second kappa shape index (κ2) is 5.80. The van der Waals surface area contributed by atoms with Gasteiger partial charge in [-0.1, -0.05) is 17.7 Å². The van der Waals surface area contributed by atoms with E-state index < -0.39 is 0 Å². The van der Waals surface area contributed by atoms with E-state index in [1.807, 2.05) is 0 Å². The average molecular weight is 258 g/mol. The Labute approximate surface area is 106 Å². The maximum atomic E-state index is 12.9. The van der Waals surface area contributed by atoms with Crippen molar-refractivity contribution in [1.82, 2.24) is 5.32 Å². The molecule has 0 amide bonds. The summed E-state index contributed by atoms with van der Waals surface area (Å²) in [4.78, 5) is 0. The normalized spacial score (nSPS) is 19.2. The summed E-state index contributed by atoms with van der Waals surface area (Å²) in [5.41, 5.74) is 0.944. The van der Waals surface area contributed by atoms with Crippen LogP contribution in [-0.2, 0) is 4.74 Å². The molecule has 2 rings (SSSR count). The summed E-state index contributed by atoms with van der Waals surface area (Å²) in [6, 6.07) is 5.14. The molecule has 1 atom stereocenters.